The predicted molar refractivity (Wildman–Crippen MR) is 39.2 cm³/mol. The molecule has 0 atom stereocenters. The van der Waals surface area contributed by atoms with E-state index in [1.165, 1.54) is 20.2 Å². The minimum atomic E-state index is -1.36. The second-order valence-electron chi connectivity index (χ2n) is 1.97. The molecular formula is C6H9N3O3. The van der Waals surface area contributed by atoms with Crippen LogP contribution in [-0.4, -0.2) is 40.6 Å². The van der Waals surface area contributed by atoms with Crippen molar-refractivity contribution in [2.24, 2.45) is 0 Å². The molecule has 0 aliphatic heterocycles. The van der Waals surface area contributed by atoms with Gasteiger partial charge >= 0.3 is 12.1 Å². The summed E-state index contributed by atoms with van der Waals surface area (Å²) in [5.41, 5.74) is 0. The van der Waals surface area contributed by atoms with Crippen LogP contribution in [0.25, 0.3) is 0 Å². The molecule has 0 saturated heterocycles. The van der Waals surface area contributed by atoms with Crippen LogP contribution in [0.1, 0.15) is 6.92 Å². The molecule has 0 aromatic carbocycles. The summed E-state index contributed by atoms with van der Waals surface area (Å²) in [4.78, 5) is 22.6. The van der Waals surface area contributed by atoms with Crippen molar-refractivity contribution in [1.29, 1.82) is 5.26 Å². The van der Waals surface area contributed by atoms with Gasteiger partial charge in [-0.2, -0.15) is 5.26 Å². The zero-order valence-electron chi connectivity index (χ0n) is 6.81. The molecule has 0 aliphatic rings. The molecule has 1 N–H and O–H groups in total. The van der Waals surface area contributed by atoms with Crippen molar-refractivity contribution < 1.29 is 14.7 Å². The standard InChI is InChI=1S/C6H9N3O3/c1-3-9(6(11)12)5(10)8(2)4-7/h3H2,1-2H3,(H,11,12). The summed E-state index contributed by atoms with van der Waals surface area (Å²) in [6.07, 6.45) is 0.156. The van der Waals surface area contributed by atoms with Crippen molar-refractivity contribution in [3.05, 3.63) is 0 Å². The monoisotopic (exact) mass is 171 g/mol. The molecule has 0 bridgehead atoms. The normalized spacial score (nSPS) is 8.42. The number of hydrogen-bond acceptors (Lipinski definition) is 3. The minimum Gasteiger partial charge on any atom is -0.465 e. The van der Waals surface area contributed by atoms with Crippen LogP contribution < -0.4 is 0 Å². The molecule has 0 rings (SSSR count). The Bertz CT molecular complexity index is 233. The Kier molecular flexibility index (Phi) is 3.56. The van der Waals surface area contributed by atoms with E-state index >= 15 is 0 Å². The zero-order valence-corrected chi connectivity index (χ0v) is 6.81. The summed E-state index contributed by atoms with van der Waals surface area (Å²) < 4.78 is 0. The number of nitrogens with zero attached hydrogens (tertiary/aromatic N) is 3. The summed E-state index contributed by atoms with van der Waals surface area (Å²) >= 11 is 0. The van der Waals surface area contributed by atoms with Crippen molar-refractivity contribution in [2.75, 3.05) is 13.6 Å². The minimum absolute atomic E-state index is 0.0280. The van der Waals surface area contributed by atoms with Crippen LogP contribution in [0, 0.1) is 11.5 Å². The maximum Gasteiger partial charge on any atom is 0.415 e. The third-order valence-electron chi connectivity index (χ3n) is 1.21. The molecule has 0 heterocycles. The molecule has 0 spiro atoms. The third-order valence-corrected chi connectivity index (χ3v) is 1.21. The van der Waals surface area contributed by atoms with E-state index in [1.54, 1.807) is 0 Å². The molecule has 0 fully saturated rings. The number of imide groups is 1. The number of nitriles is 1. The Balaban J connectivity index is 4.45. The number of amides is 3. The van der Waals surface area contributed by atoms with Crippen molar-refractivity contribution in [3.8, 4) is 6.19 Å². The molecule has 0 aromatic rings. The van der Waals surface area contributed by atoms with Crippen molar-refractivity contribution in [1.82, 2.24) is 9.80 Å². The molecule has 6 nitrogen and oxygen atoms in total. The second-order valence-corrected chi connectivity index (χ2v) is 1.97. The van der Waals surface area contributed by atoms with E-state index in [2.05, 4.69) is 0 Å². The van der Waals surface area contributed by atoms with Crippen LogP contribution in [0.3, 0.4) is 0 Å². The van der Waals surface area contributed by atoms with Gasteiger partial charge in [0.15, 0.2) is 6.19 Å². The molecular weight excluding hydrogens is 162 g/mol. The van der Waals surface area contributed by atoms with Gasteiger partial charge in [-0.3, -0.25) is 0 Å². The Morgan fingerprint density at radius 1 is 1.58 bits per heavy atom. The lowest BCUT2D eigenvalue weighted by Crippen LogP contribution is -2.41. The summed E-state index contributed by atoms with van der Waals surface area (Å²) in [7, 11) is 1.20. The first kappa shape index (κ1) is 10.2. The molecule has 3 amide bonds. The maximum absolute atomic E-state index is 11.0. The quantitative estimate of drug-likeness (QED) is 0.460. The molecule has 0 saturated carbocycles. The molecule has 0 radical (unpaired) electrons. The van der Waals surface area contributed by atoms with E-state index in [0.717, 1.165) is 0 Å². The first-order valence-electron chi connectivity index (χ1n) is 3.22. The van der Waals surface area contributed by atoms with E-state index in [9.17, 15) is 9.59 Å². The van der Waals surface area contributed by atoms with Gasteiger partial charge in [0.05, 0.1) is 0 Å². The van der Waals surface area contributed by atoms with E-state index in [1.807, 2.05) is 0 Å². The Labute approximate surface area is 69.6 Å². The van der Waals surface area contributed by atoms with E-state index in [-0.39, 0.29) is 6.54 Å². The van der Waals surface area contributed by atoms with Crippen LogP contribution in [0.4, 0.5) is 9.59 Å². The van der Waals surface area contributed by atoms with Gasteiger partial charge in [0.1, 0.15) is 0 Å². The fourth-order valence-electron chi connectivity index (χ4n) is 0.576. The van der Waals surface area contributed by atoms with E-state index in [4.69, 9.17) is 10.4 Å². The van der Waals surface area contributed by atoms with Crippen molar-refractivity contribution in [2.45, 2.75) is 6.92 Å². The number of rotatable bonds is 1. The fraction of sp³-hybridized carbons (Fsp3) is 0.500. The molecule has 0 unspecified atom stereocenters. The number of urea groups is 1. The first-order chi connectivity index (χ1) is 5.54. The van der Waals surface area contributed by atoms with Gasteiger partial charge in [-0.1, -0.05) is 0 Å². The largest absolute Gasteiger partial charge is 0.465 e. The number of carbonyl (C=O) groups excluding carboxylic acids is 1. The van der Waals surface area contributed by atoms with Gasteiger partial charge < -0.3 is 5.11 Å². The van der Waals surface area contributed by atoms with Crippen LogP contribution in [-0.2, 0) is 0 Å². The lowest BCUT2D eigenvalue weighted by Gasteiger charge is -2.17. The van der Waals surface area contributed by atoms with Crippen LogP contribution in [0.15, 0.2) is 0 Å². The number of carboxylic acid groups (broad SMARTS) is 1. The third kappa shape index (κ3) is 2.12. The van der Waals surface area contributed by atoms with Crippen molar-refractivity contribution >= 4 is 12.1 Å². The van der Waals surface area contributed by atoms with Crippen LogP contribution >= 0.6 is 0 Å². The highest BCUT2D eigenvalue weighted by molar-refractivity contribution is 5.90. The average molecular weight is 171 g/mol. The molecule has 6 heteroatoms. The highest BCUT2D eigenvalue weighted by Crippen LogP contribution is 1.95. The lowest BCUT2D eigenvalue weighted by atomic mass is 10.6. The van der Waals surface area contributed by atoms with Gasteiger partial charge in [-0.05, 0) is 6.92 Å². The topological polar surface area (TPSA) is 84.6 Å². The van der Waals surface area contributed by atoms with Gasteiger partial charge in [-0.25, -0.2) is 19.4 Å². The maximum atomic E-state index is 11.0. The molecule has 0 aromatic heterocycles. The van der Waals surface area contributed by atoms with E-state index < -0.39 is 12.1 Å². The smallest absolute Gasteiger partial charge is 0.415 e. The van der Waals surface area contributed by atoms with Gasteiger partial charge in [0.25, 0.3) is 0 Å². The van der Waals surface area contributed by atoms with Crippen molar-refractivity contribution in [3.63, 3.8) is 0 Å². The summed E-state index contributed by atoms with van der Waals surface area (Å²) in [6.45, 7) is 1.54. The van der Waals surface area contributed by atoms with Gasteiger partial charge in [-0.15, -0.1) is 0 Å². The Morgan fingerprint density at radius 3 is 2.33 bits per heavy atom. The number of carbonyl (C=O) groups is 2. The SMILES string of the molecule is CCN(C(=O)O)C(=O)N(C)C#N. The highest BCUT2D eigenvalue weighted by Gasteiger charge is 2.21. The fourth-order valence-corrected chi connectivity index (χ4v) is 0.576. The van der Waals surface area contributed by atoms with Crippen LogP contribution in [0.5, 0.6) is 0 Å². The molecule has 66 valence electrons. The van der Waals surface area contributed by atoms with Gasteiger partial charge in [0, 0.05) is 13.6 Å². The summed E-state index contributed by atoms with van der Waals surface area (Å²) in [5, 5.41) is 16.7. The molecule has 0 aliphatic carbocycles. The predicted octanol–water partition coefficient (Wildman–Crippen LogP) is 0.519. The lowest BCUT2D eigenvalue weighted by molar-refractivity contribution is 0.142. The number of hydrogen-bond donors (Lipinski definition) is 1. The summed E-state index contributed by atoms with van der Waals surface area (Å²) in [5.74, 6) is 0. The van der Waals surface area contributed by atoms with Gasteiger partial charge in [0.2, 0.25) is 0 Å². The summed E-state index contributed by atoms with van der Waals surface area (Å²) in [6, 6.07) is -0.840. The second kappa shape index (κ2) is 4.18. The van der Waals surface area contributed by atoms with E-state index in [0.29, 0.717) is 9.80 Å². The molecule has 12 heavy (non-hydrogen) atoms. The Morgan fingerprint density at radius 2 is 2.08 bits per heavy atom. The average Bonchev–Trinajstić information content (AvgIpc) is 2.03. The Hall–Kier alpha value is -1.77. The zero-order chi connectivity index (χ0) is 9.72. The van der Waals surface area contributed by atoms with Crippen LogP contribution in [0.2, 0.25) is 0 Å². The first-order valence-corrected chi connectivity index (χ1v) is 3.22. The highest BCUT2D eigenvalue weighted by atomic mass is 16.4.